The fraction of sp³-hybridized carbons (Fsp3) is 0.353. The van der Waals surface area contributed by atoms with E-state index < -0.39 is 6.10 Å². The minimum atomic E-state index is -0.465. The number of aryl methyl sites for hydroxylation is 1. The molecule has 0 saturated heterocycles. The van der Waals surface area contributed by atoms with E-state index in [-0.39, 0.29) is 0 Å². The Balaban J connectivity index is 1.97. The Morgan fingerprint density at radius 3 is 2.75 bits per heavy atom. The lowest BCUT2D eigenvalue weighted by molar-refractivity contribution is 0.199. The summed E-state index contributed by atoms with van der Waals surface area (Å²) in [4.78, 5) is 6.82. The van der Waals surface area contributed by atoms with Crippen molar-refractivity contribution in [3.8, 4) is 0 Å². The van der Waals surface area contributed by atoms with E-state index >= 15 is 0 Å². The van der Waals surface area contributed by atoms with Crippen LogP contribution in [0.1, 0.15) is 37.0 Å². The Kier molecular flexibility index (Phi) is 3.70. The van der Waals surface area contributed by atoms with Gasteiger partial charge in [0.05, 0.1) is 6.10 Å². The molecule has 0 fully saturated rings. The molecule has 3 nitrogen and oxygen atoms in total. The minimum Gasteiger partial charge on any atom is -0.389 e. The molecule has 1 atom stereocenters. The summed E-state index contributed by atoms with van der Waals surface area (Å²) in [6.45, 7) is 2.76. The van der Waals surface area contributed by atoms with Crippen molar-refractivity contribution in [2.75, 3.05) is 11.4 Å². The number of rotatable bonds is 2. The Bertz CT molecular complexity index is 578. The van der Waals surface area contributed by atoms with Crippen LogP contribution in [0.5, 0.6) is 0 Å². The molecule has 2 heterocycles. The summed E-state index contributed by atoms with van der Waals surface area (Å²) in [6.07, 6.45) is 4.84. The molecule has 1 aliphatic heterocycles. The summed E-state index contributed by atoms with van der Waals surface area (Å²) >= 11 is 0. The average Bonchev–Trinajstić information content (AvgIpc) is 2.69. The van der Waals surface area contributed by atoms with Crippen LogP contribution in [0.3, 0.4) is 0 Å². The van der Waals surface area contributed by atoms with Crippen LogP contribution in [0, 0.1) is 0 Å². The molecular formula is C17H20N2O. The van der Waals surface area contributed by atoms with E-state index in [4.69, 9.17) is 0 Å². The molecule has 0 unspecified atom stereocenters. The van der Waals surface area contributed by atoms with Crippen molar-refractivity contribution in [1.29, 1.82) is 0 Å². The number of aliphatic hydroxyl groups excluding tert-OH is 1. The first-order chi connectivity index (χ1) is 9.75. The third-order valence-electron chi connectivity index (χ3n) is 3.89. The smallest absolute Gasteiger partial charge is 0.132 e. The molecule has 1 aliphatic rings. The lowest BCUT2D eigenvalue weighted by Gasteiger charge is -2.24. The largest absolute Gasteiger partial charge is 0.389 e. The molecule has 0 bridgehead atoms. The topological polar surface area (TPSA) is 36.4 Å². The maximum atomic E-state index is 9.57. The standard InChI is InChI=1S/C17H20N2O/c1-13(20)15-9-10-17(18-12-15)19-11-5-4-7-14-6-2-3-8-16(14)19/h2-3,6,8-10,12-13,20H,4-5,7,11H2,1H3/t13-/m1/s1. The first-order valence-electron chi connectivity index (χ1n) is 7.25. The van der Waals surface area contributed by atoms with Crippen LogP contribution >= 0.6 is 0 Å². The maximum Gasteiger partial charge on any atom is 0.132 e. The van der Waals surface area contributed by atoms with Crippen LogP contribution in [0.2, 0.25) is 0 Å². The second-order valence-corrected chi connectivity index (χ2v) is 5.36. The van der Waals surface area contributed by atoms with Gasteiger partial charge in [0.2, 0.25) is 0 Å². The fourth-order valence-corrected chi connectivity index (χ4v) is 2.73. The lowest BCUT2D eigenvalue weighted by atomic mass is 10.1. The Hall–Kier alpha value is -1.87. The summed E-state index contributed by atoms with van der Waals surface area (Å²) in [5, 5.41) is 9.57. The minimum absolute atomic E-state index is 0.465. The third-order valence-corrected chi connectivity index (χ3v) is 3.89. The Labute approximate surface area is 119 Å². The van der Waals surface area contributed by atoms with Crippen molar-refractivity contribution in [2.24, 2.45) is 0 Å². The van der Waals surface area contributed by atoms with Crippen LogP contribution < -0.4 is 4.90 Å². The van der Waals surface area contributed by atoms with Crippen LogP contribution in [-0.4, -0.2) is 16.6 Å². The van der Waals surface area contributed by atoms with Gasteiger partial charge in [-0.15, -0.1) is 0 Å². The van der Waals surface area contributed by atoms with Gasteiger partial charge >= 0.3 is 0 Å². The fourth-order valence-electron chi connectivity index (χ4n) is 2.73. The van der Waals surface area contributed by atoms with Crippen LogP contribution in [0.15, 0.2) is 42.6 Å². The Morgan fingerprint density at radius 2 is 2.00 bits per heavy atom. The highest BCUT2D eigenvalue weighted by Gasteiger charge is 2.17. The highest BCUT2D eigenvalue weighted by molar-refractivity contribution is 5.64. The number of nitrogens with zero attached hydrogens (tertiary/aromatic N) is 2. The molecule has 1 N–H and O–H groups in total. The SMILES string of the molecule is C[C@@H](O)c1ccc(N2CCCCc3ccccc32)nc1. The highest BCUT2D eigenvalue weighted by Crippen LogP contribution is 2.31. The molecule has 20 heavy (non-hydrogen) atoms. The summed E-state index contributed by atoms with van der Waals surface area (Å²) in [7, 11) is 0. The van der Waals surface area contributed by atoms with Gasteiger partial charge in [-0.25, -0.2) is 4.98 Å². The third kappa shape index (κ3) is 2.54. The summed E-state index contributed by atoms with van der Waals surface area (Å²) in [5.74, 6) is 0.962. The van der Waals surface area contributed by atoms with Gasteiger partial charge in [0, 0.05) is 18.4 Å². The van der Waals surface area contributed by atoms with Crippen molar-refractivity contribution in [2.45, 2.75) is 32.3 Å². The van der Waals surface area contributed by atoms with Gasteiger partial charge < -0.3 is 10.0 Å². The van der Waals surface area contributed by atoms with Crippen molar-refractivity contribution >= 4 is 11.5 Å². The number of fused-ring (bicyclic) bond motifs is 1. The van der Waals surface area contributed by atoms with Crippen molar-refractivity contribution < 1.29 is 5.11 Å². The van der Waals surface area contributed by atoms with Gasteiger partial charge in [-0.1, -0.05) is 24.3 Å². The molecular weight excluding hydrogens is 248 g/mol. The molecule has 0 aliphatic carbocycles. The van der Waals surface area contributed by atoms with E-state index in [1.165, 1.54) is 24.1 Å². The predicted octanol–water partition coefficient (Wildman–Crippen LogP) is 3.61. The number of aromatic nitrogens is 1. The normalized spacial score (nSPS) is 16.4. The summed E-state index contributed by atoms with van der Waals surface area (Å²) in [6, 6.07) is 12.5. The van der Waals surface area contributed by atoms with Gasteiger partial charge in [0.15, 0.2) is 0 Å². The number of benzene rings is 1. The zero-order valence-electron chi connectivity index (χ0n) is 11.8. The molecule has 0 amide bonds. The van der Waals surface area contributed by atoms with Crippen LogP contribution in [-0.2, 0) is 6.42 Å². The summed E-state index contributed by atoms with van der Waals surface area (Å²) < 4.78 is 0. The second kappa shape index (κ2) is 5.63. The molecule has 0 spiro atoms. The van der Waals surface area contributed by atoms with Crippen LogP contribution in [0.4, 0.5) is 11.5 Å². The quantitative estimate of drug-likeness (QED) is 0.904. The van der Waals surface area contributed by atoms with Gasteiger partial charge in [0.1, 0.15) is 5.82 Å². The van der Waals surface area contributed by atoms with Gasteiger partial charge in [-0.3, -0.25) is 0 Å². The first kappa shape index (κ1) is 13.1. The highest BCUT2D eigenvalue weighted by atomic mass is 16.3. The molecule has 1 aromatic heterocycles. The summed E-state index contributed by atoms with van der Waals surface area (Å²) in [5.41, 5.74) is 3.52. The van der Waals surface area contributed by atoms with E-state index in [0.29, 0.717) is 0 Å². The molecule has 0 radical (unpaired) electrons. The van der Waals surface area contributed by atoms with Crippen LogP contribution in [0.25, 0.3) is 0 Å². The zero-order chi connectivity index (χ0) is 13.9. The molecule has 2 aromatic rings. The van der Waals surface area contributed by atoms with Crippen molar-refractivity contribution in [1.82, 2.24) is 4.98 Å². The lowest BCUT2D eigenvalue weighted by Crippen LogP contribution is -2.19. The van der Waals surface area contributed by atoms with Crippen molar-refractivity contribution in [3.63, 3.8) is 0 Å². The second-order valence-electron chi connectivity index (χ2n) is 5.36. The number of para-hydroxylation sites is 1. The molecule has 104 valence electrons. The van der Waals surface area contributed by atoms with Gasteiger partial charge in [0.25, 0.3) is 0 Å². The maximum absolute atomic E-state index is 9.57. The van der Waals surface area contributed by atoms with E-state index in [1.807, 2.05) is 12.1 Å². The van der Waals surface area contributed by atoms with E-state index in [9.17, 15) is 5.11 Å². The number of hydrogen-bond donors (Lipinski definition) is 1. The first-order valence-corrected chi connectivity index (χ1v) is 7.25. The zero-order valence-corrected chi connectivity index (χ0v) is 11.8. The van der Waals surface area contributed by atoms with Gasteiger partial charge in [-0.2, -0.15) is 0 Å². The van der Waals surface area contributed by atoms with Crippen molar-refractivity contribution in [3.05, 3.63) is 53.7 Å². The van der Waals surface area contributed by atoms with E-state index in [2.05, 4.69) is 34.1 Å². The molecule has 0 saturated carbocycles. The monoisotopic (exact) mass is 268 g/mol. The number of hydrogen-bond acceptors (Lipinski definition) is 3. The predicted molar refractivity (Wildman–Crippen MR) is 81.3 cm³/mol. The Morgan fingerprint density at radius 1 is 1.15 bits per heavy atom. The molecule has 3 heteroatoms. The molecule has 3 rings (SSSR count). The number of pyridine rings is 1. The number of anilines is 2. The molecule has 1 aromatic carbocycles. The van der Waals surface area contributed by atoms with Gasteiger partial charge in [-0.05, 0) is 49.4 Å². The number of aliphatic hydroxyl groups is 1. The van der Waals surface area contributed by atoms with E-state index in [1.54, 1.807) is 13.1 Å². The van der Waals surface area contributed by atoms with E-state index in [0.717, 1.165) is 24.3 Å². The average molecular weight is 268 g/mol.